The van der Waals surface area contributed by atoms with Gasteiger partial charge in [-0.05, 0) is 50.6 Å². The molecule has 1 aromatic carbocycles. The Kier molecular flexibility index (Phi) is 4.59. The lowest BCUT2D eigenvalue weighted by atomic mass is 10.1. The van der Waals surface area contributed by atoms with Crippen LogP contribution in [0.1, 0.15) is 29.6 Å². The number of amides is 1. The van der Waals surface area contributed by atoms with Crippen LogP contribution in [-0.4, -0.2) is 32.1 Å². The second kappa shape index (κ2) is 6.40. The van der Waals surface area contributed by atoms with Gasteiger partial charge in [-0.15, -0.1) is 0 Å². The van der Waals surface area contributed by atoms with Crippen LogP contribution in [0.2, 0.25) is 0 Å². The van der Waals surface area contributed by atoms with Gasteiger partial charge in [0, 0.05) is 11.6 Å². The predicted molar refractivity (Wildman–Crippen MR) is 71.0 cm³/mol. The molecule has 1 aliphatic rings. The summed E-state index contributed by atoms with van der Waals surface area (Å²) >= 11 is 0. The molecule has 2 N–H and O–H groups in total. The zero-order valence-electron chi connectivity index (χ0n) is 10.7. The molecule has 1 saturated heterocycles. The minimum absolute atomic E-state index is 0.0131. The van der Waals surface area contributed by atoms with Crippen molar-refractivity contribution in [3.8, 4) is 5.75 Å². The van der Waals surface area contributed by atoms with Gasteiger partial charge < -0.3 is 15.4 Å². The van der Waals surface area contributed by atoms with Gasteiger partial charge in [0.05, 0.1) is 7.11 Å². The standard InChI is InChI=1S/C14H20N2O2/c1-18-13-6-2-4-11(10-13)14(17)16-12-5-3-8-15-9-7-12/h2,4,6,10,12,15H,3,5,7-9H2,1H3,(H,16,17). The van der Waals surface area contributed by atoms with Crippen molar-refractivity contribution in [1.29, 1.82) is 0 Å². The number of methoxy groups -OCH3 is 1. The van der Waals surface area contributed by atoms with E-state index in [0.717, 1.165) is 32.4 Å². The van der Waals surface area contributed by atoms with Gasteiger partial charge in [-0.3, -0.25) is 4.79 Å². The summed E-state index contributed by atoms with van der Waals surface area (Å²) in [6, 6.07) is 7.53. The molecule has 2 rings (SSSR count). The van der Waals surface area contributed by atoms with Crippen molar-refractivity contribution >= 4 is 5.91 Å². The number of carbonyl (C=O) groups excluding carboxylic acids is 1. The van der Waals surface area contributed by atoms with Crippen LogP contribution >= 0.6 is 0 Å². The van der Waals surface area contributed by atoms with Crippen LogP contribution in [0.4, 0.5) is 0 Å². The number of carbonyl (C=O) groups is 1. The first kappa shape index (κ1) is 12.9. The van der Waals surface area contributed by atoms with E-state index in [4.69, 9.17) is 4.74 Å². The molecule has 1 fully saturated rings. The Morgan fingerprint density at radius 3 is 3.11 bits per heavy atom. The molecule has 1 atom stereocenters. The van der Waals surface area contributed by atoms with Crippen LogP contribution in [-0.2, 0) is 0 Å². The molecular weight excluding hydrogens is 228 g/mol. The van der Waals surface area contributed by atoms with Crippen molar-refractivity contribution in [3.63, 3.8) is 0 Å². The summed E-state index contributed by atoms with van der Waals surface area (Å²) in [5, 5.41) is 6.43. The zero-order valence-corrected chi connectivity index (χ0v) is 10.7. The summed E-state index contributed by atoms with van der Waals surface area (Å²) in [6.45, 7) is 2.02. The largest absolute Gasteiger partial charge is 0.497 e. The Morgan fingerprint density at radius 2 is 2.28 bits per heavy atom. The van der Waals surface area contributed by atoms with E-state index in [-0.39, 0.29) is 11.9 Å². The monoisotopic (exact) mass is 248 g/mol. The predicted octanol–water partition coefficient (Wildman–Crippen LogP) is 1.57. The molecule has 1 unspecified atom stereocenters. The highest BCUT2D eigenvalue weighted by atomic mass is 16.5. The quantitative estimate of drug-likeness (QED) is 0.853. The van der Waals surface area contributed by atoms with Gasteiger partial charge in [0.15, 0.2) is 0 Å². The van der Waals surface area contributed by atoms with Crippen molar-refractivity contribution in [3.05, 3.63) is 29.8 Å². The normalized spacial score (nSPS) is 19.9. The molecule has 18 heavy (non-hydrogen) atoms. The number of nitrogens with one attached hydrogen (secondary N) is 2. The van der Waals surface area contributed by atoms with Gasteiger partial charge in [0.1, 0.15) is 5.75 Å². The van der Waals surface area contributed by atoms with Crippen LogP contribution < -0.4 is 15.4 Å². The van der Waals surface area contributed by atoms with Gasteiger partial charge in [-0.25, -0.2) is 0 Å². The Bertz CT molecular complexity index is 399. The fourth-order valence-corrected chi connectivity index (χ4v) is 2.20. The molecule has 0 bridgehead atoms. The van der Waals surface area contributed by atoms with E-state index in [1.54, 1.807) is 13.2 Å². The zero-order chi connectivity index (χ0) is 12.8. The smallest absolute Gasteiger partial charge is 0.251 e. The highest BCUT2D eigenvalue weighted by Gasteiger charge is 2.15. The minimum Gasteiger partial charge on any atom is -0.497 e. The molecule has 0 aliphatic carbocycles. The maximum absolute atomic E-state index is 12.1. The first-order valence-electron chi connectivity index (χ1n) is 6.45. The lowest BCUT2D eigenvalue weighted by Gasteiger charge is -2.16. The highest BCUT2D eigenvalue weighted by molar-refractivity contribution is 5.94. The number of rotatable bonds is 3. The third kappa shape index (κ3) is 3.47. The maximum atomic E-state index is 12.1. The molecule has 0 saturated carbocycles. The fraction of sp³-hybridized carbons (Fsp3) is 0.500. The lowest BCUT2D eigenvalue weighted by molar-refractivity contribution is 0.0933. The van der Waals surface area contributed by atoms with E-state index in [2.05, 4.69) is 10.6 Å². The second-order valence-electron chi connectivity index (χ2n) is 4.58. The SMILES string of the molecule is COc1cccc(C(=O)NC2CCCNCC2)c1. The summed E-state index contributed by atoms with van der Waals surface area (Å²) < 4.78 is 5.12. The topological polar surface area (TPSA) is 50.4 Å². The molecule has 4 heteroatoms. The summed E-state index contributed by atoms with van der Waals surface area (Å²) in [6.07, 6.45) is 3.15. The van der Waals surface area contributed by atoms with Gasteiger partial charge >= 0.3 is 0 Å². The number of hydrogen-bond donors (Lipinski definition) is 2. The van der Waals surface area contributed by atoms with Gasteiger partial charge in [-0.1, -0.05) is 6.07 Å². The van der Waals surface area contributed by atoms with Crippen molar-refractivity contribution in [2.45, 2.75) is 25.3 Å². The molecule has 1 amide bonds. The first-order chi connectivity index (χ1) is 8.79. The van der Waals surface area contributed by atoms with Crippen LogP contribution in [0.15, 0.2) is 24.3 Å². The Morgan fingerprint density at radius 1 is 1.39 bits per heavy atom. The van der Waals surface area contributed by atoms with E-state index in [9.17, 15) is 4.79 Å². The van der Waals surface area contributed by atoms with Crippen molar-refractivity contribution in [2.75, 3.05) is 20.2 Å². The maximum Gasteiger partial charge on any atom is 0.251 e. The number of hydrogen-bond acceptors (Lipinski definition) is 3. The van der Waals surface area contributed by atoms with E-state index in [0.29, 0.717) is 11.3 Å². The minimum atomic E-state index is -0.0131. The number of ether oxygens (including phenoxy) is 1. The van der Waals surface area contributed by atoms with Crippen LogP contribution in [0.5, 0.6) is 5.75 Å². The third-order valence-electron chi connectivity index (χ3n) is 3.24. The van der Waals surface area contributed by atoms with E-state index in [1.165, 1.54) is 0 Å². The van der Waals surface area contributed by atoms with Gasteiger partial charge in [0.2, 0.25) is 0 Å². The molecule has 98 valence electrons. The van der Waals surface area contributed by atoms with Crippen LogP contribution in [0, 0.1) is 0 Å². The molecule has 0 aromatic heterocycles. The summed E-state index contributed by atoms with van der Waals surface area (Å²) in [5.41, 5.74) is 0.659. The molecule has 1 aromatic rings. The summed E-state index contributed by atoms with van der Waals surface area (Å²) in [4.78, 5) is 12.1. The van der Waals surface area contributed by atoms with Crippen LogP contribution in [0.3, 0.4) is 0 Å². The first-order valence-corrected chi connectivity index (χ1v) is 6.45. The van der Waals surface area contributed by atoms with Gasteiger partial charge in [0.25, 0.3) is 5.91 Å². The third-order valence-corrected chi connectivity index (χ3v) is 3.24. The fourth-order valence-electron chi connectivity index (χ4n) is 2.20. The highest BCUT2D eigenvalue weighted by Crippen LogP contribution is 2.13. The van der Waals surface area contributed by atoms with E-state index < -0.39 is 0 Å². The Labute approximate surface area is 108 Å². The number of benzene rings is 1. The van der Waals surface area contributed by atoms with Crippen molar-refractivity contribution < 1.29 is 9.53 Å². The molecular formula is C14H20N2O2. The molecule has 0 radical (unpaired) electrons. The van der Waals surface area contributed by atoms with Crippen molar-refractivity contribution in [1.82, 2.24) is 10.6 Å². The molecule has 1 heterocycles. The Hall–Kier alpha value is -1.55. The Balaban J connectivity index is 1.97. The molecule has 0 spiro atoms. The average Bonchev–Trinajstić information content (AvgIpc) is 2.67. The molecule has 1 aliphatic heterocycles. The summed E-state index contributed by atoms with van der Waals surface area (Å²) in [7, 11) is 1.61. The lowest BCUT2D eigenvalue weighted by Crippen LogP contribution is -2.35. The molecule has 4 nitrogen and oxygen atoms in total. The van der Waals surface area contributed by atoms with E-state index in [1.807, 2.05) is 18.2 Å². The van der Waals surface area contributed by atoms with Gasteiger partial charge in [-0.2, -0.15) is 0 Å². The average molecular weight is 248 g/mol. The second-order valence-corrected chi connectivity index (χ2v) is 4.58. The summed E-state index contributed by atoms with van der Waals surface area (Å²) in [5.74, 6) is 0.700. The van der Waals surface area contributed by atoms with Crippen molar-refractivity contribution in [2.24, 2.45) is 0 Å². The van der Waals surface area contributed by atoms with E-state index >= 15 is 0 Å². The van der Waals surface area contributed by atoms with Crippen LogP contribution in [0.25, 0.3) is 0 Å².